The van der Waals surface area contributed by atoms with Crippen LogP contribution in [0.3, 0.4) is 0 Å². The Hall–Kier alpha value is -2.18. The summed E-state index contributed by atoms with van der Waals surface area (Å²) in [5.74, 6) is -1.68. The van der Waals surface area contributed by atoms with Crippen LogP contribution in [0.5, 0.6) is 0 Å². The maximum absolute atomic E-state index is 12.3. The second-order valence-electron chi connectivity index (χ2n) is 4.92. The molecule has 1 aliphatic rings. The van der Waals surface area contributed by atoms with Gasteiger partial charge < -0.3 is 0 Å². The average molecular weight is 278 g/mol. The number of nitrogens with one attached hydrogen (secondary N) is 1. The van der Waals surface area contributed by atoms with Gasteiger partial charge in [-0.2, -0.15) is 5.10 Å². The number of aromatic nitrogens is 2. The van der Waals surface area contributed by atoms with E-state index < -0.39 is 23.8 Å². The van der Waals surface area contributed by atoms with Gasteiger partial charge in [0.1, 0.15) is 5.92 Å². The fraction of sp³-hybridized carbons (Fsp3) is 0.538. The maximum atomic E-state index is 12.3. The van der Waals surface area contributed by atoms with E-state index in [9.17, 15) is 14.4 Å². The van der Waals surface area contributed by atoms with Crippen molar-refractivity contribution < 1.29 is 14.4 Å². The Morgan fingerprint density at radius 1 is 1.40 bits per heavy atom. The van der Waals surface area contributed by atoms with Gasteiger partial charge in [-0.3, -0.25) is 24.5 Å². The standard InChI is InChI=1S/C13H18N4O3/c1-3-5-10-11(18)15-13(20)17(12(10)19)9(2)8-16-7-4-6-14-16/h4,6-7,9-10H,3,5,8H2,1-2H3,(H,15,18,20). The molecule has 1 aromatic rings. The fourth-order valence-electron chi connectivity index (χ4n) is 2.35. The van der Waals surface area contributed by atoms with Gasteiger partial charge in [-0.15, -0.1) is 0 Å². The molecule has 1 aromatic heterocycles. The molecule has 0 saturated carbocycles. The highest BCUT2D eigenvalue weighted by Gasteiger charge is 2.41. The van der Waals surface area contributed by atoms with Crippen molar-refractivity contribution in [2.24, 2.45) is 5.92 Å². The minimum atomic E-state index is -0.766. The molecule has 2 unspecified atom stereocenters. The van der Waals surface area contributed by atoms with Crippen molar-refractivity contribution in [3.05, 3.63) is 18.5 Å². The lowest BCUT2D eigenvalue weighted by molar-refractivity contribution is -0.144. The van der Waals surface area contributed by atoms with E-state index >= 15 is 0 Å². The highest BCUT2D eigenvalue weighted by molar-refractivity contribution is 6.16. The number of carbonyl (C=O) groups is 3. The van der Waals surface area contributed by atoms with Gasteiger partial charge in [-0.25, -0.2) is 4.79 Å². The summed E-state index contributed by atoms with van der Waals surface area (Å²) < 4.78 is 1.65. The SMILES string of the molecule is CCCC1C(=O)NC(=O)N(C(C)Cn2cccn2)C1=O. The number of nitrogens with zero attached hydrogens (tertiary/aromatic N) is 3. The predicted octanol–water partition coefficient (Wildman–Crippen LogP) is 0.766. The summed E-state index contributed by atoms with van der Waals surface area (Å²) in [6.07, 6.45) is 4.55. The van der Waals surface area contributed by atoms with Crippen LogP contribution in [0, 0.1) is 5.92 Å². The van der Waals surface area contributed by atoms with Crippen LogP contribution >= 0.6 is 0 Å². The van der Waals surface area contributed by atoms with Gasteiger partial charge in [0.2, 0.25) is 11.8 Å². The summed E-state index contributed by atoms with van der Waals surface area (Å²) in [6, 6.07) is 0.760. The van der Waals surface area contributed by atoms with Crippen LogP contribution < -0.4 is 5.32 Å². The number of rotatable bonds is 5. The summed E-state index contributed by atoms with van der Waals surface area (Å²) >= 11 is 0. The molecule has 1 saturated heterocycles. The minimum absolute atomic E-state index is 0.366. The van der Waals surface area contributed by atoms with Gasteiger partial charge in [0, 0.05) is 12.4 Å². The molecule has 1 N–H and O–H groups in total. The summed E-state index contributed by atoms with van der Waals surface area (Å²) in [6.45, 7) is 4.06. The molecular formula is C13H18N4O3. The first-order valence-electron chi connectivity index (χ1n) is 6.70. The molecule has 0 aliphatic carbocycles. The van der Waals surface area contributed by atoms with Crippen molar-refractivity contribution in [2.75, 3.05) is 0 Å². The van der Waals surface area contributed by atoms with Crippen LogP contribution in [0.2, 0.25) is 0 Å². The van der Waals surface area contributed by atoms with Crippen molar-refractivity contribution in [3.8, 4) is 0 Å². The molecule has 1 fully saturated rings. The zero-order chi connectivity index (χ0) is 14.7. The van der Waals surface area contributed by atoms with Crippen LogP contribution in [-0.4, -0.2) is 38.6 Å². The maximum Gasteiger partial charge on any atom is 0.331 e. The Kier molecular flexibility index (Phi) is 4.16. The summed E-state index contributed by atoms with van der Waals surface area (Å²) in [4.78, 5) is 37.0. The van der Waals surface area contributed by atoms with Crippen molar-refractivity contribution in [2.45, 2.75) is 39.3 Å². The lowest BCUT2D eigenvalue weighted by Gasteiger charge is -2.34. The van der Waals surface area contributed by atoms with E-state index in [1.807, 2.05) is 6.92 Å². The number of amides is 4. The van der Waals surface area contributed by atoms with Crippen LogP contribution in [-0.2, 0) is 16.1 Å². The molecule has 0 bridgehead atoms. The topological polar surface area (TPSA) is 84.3 Å². The zero-order valence-electron chi connectivity index (χ0n) is 11.6. The van der Waals surface area contributed by atoms with Gasteiger partial charge in [0.15, 0.2) is 0 Å². The molecule has 20 heavy (non-hydrogen) atoms. The molecule has 2 heterocycles. The third kappa shape index (κ3) is 2.71. The average Bonchev–Trinajstić information content (AvgIpc) is 2.87. The van der Waals surface area contributed by atoms with Crippen molar-refractivity contribution in [1.29, 1.82) is 0 Å². The number of barbiturate groups is 1. The Morgan fingerprint density at radius 2 is 2.15 bits per heavy atom. The second-order valence-corrected chi connectivity index (χ2v) is 4.92. The van der Waals surface area contributed by atoms with E-state index in [2.05, 4.69) is 10.4 Å². The number of hydrogen-bond acceptors (Lipinski definition) is 4. The minimum Gasteiger partial charge on any atom is -0.277 e. The van der Waals surface area contributed by atoms with E-state index in [4.69, 9.17) is 0 Å². The van der Waals surface area contributed by atoms with Crippen LogP contribution in [0.4, 0.5) is 4.79 Å². The third-order valence-electron chi connectivity index (χ3n) is 3.33. The number of carbonyl (C=O) groups excluding carboxylic acids is 3. The molecule has 2 atom stereocenters. The van der Waals surface area contributed by atoms with E-state index in [0.29, 0.717) is 19.4 Å². The molecule has 4 amide bonds. The number of imide groups is 2. The zero-order valence-corrected chi connectivity index (χ0v) is 11.6. The Bertz CT molecular complexity index is 512. The van der Waals surface area contributed by atoms with Crippen molar-refractivity contribution >= 4 is 17.8 Å². The Morgan fingerprint density at radius 3 is 2.75 bits per heavy atom. The van der Waals surface area contributed by atoms with E-state index in [1.54, 1.807) is 30.1 Å². The van der Waals surface area contributed by atoms with E-state index in [0.717, 1.165) is 4.90 Å². The van der Waals surface area contributed by atoms with Gasteiger partial charge >= 0.3 is 6.03 Å². The summed E-state index contributed by atoms with van der Waals surface area (Å²) in [5.41, 5.74) is 0. The molecule has 0 radical (unpaired) electrons. The lowest BCUT2D eigenvalue weighted by Crippen LogP contribution is -2.61. The predicted molar refractivity (Wildman–Crippen MR) is 70.5 cm³/mol. The normalized spacial score (nSPS) is 21.0. The Labute approximate surface area is 116 Å². The highest BCUT2D eigenvalue weighted by atomic mass is 16.2. The number of hydrogen-bond donors (Lipinski definition) is 1. The molecule has 0 aromatic carbocycles. The lowest BCUT2D eigenvalue weighted by atomic mass is 9.98. The van der Waals surface area contributed by atoms with Crippen molar-refractivity contribution in [1.82, 2.24) is 20.0 Å². The van der Waals surface area contributed by atoms with E-state index in [1.165, 1.54) is 0 Å². The molecule has 0 spiro atoms. The molecule has 108 valence electrons. The molecular weight excluding hydrogens is 260 g/mol. The third-order valence-corrected chi connectivity index (χ3v) is 3.33. The van der Waals surface area contributed by atoms with Gasteiger partial charge in [0.05, 0.1) is 12.6 Å². The Balaban J connectivity index is 2.14. The monoisotopic (exact) mass is 278 g/mol. The largest absolute Gasteiger partial charge is 0.331 e. The molecule has 7 nitrogen and oxygen atoms in total. The molecule has 7 heteroatoms. The van der Waals surface area contributed by atoms with Crippen molar-refractivity contribution in [3.63, 3.8) is 0 Å². The first-order chi connectivity index (χ1) is 9.54. The highest BCUT2D eigenvalue weighted by Crippen LogP contribution is 2.18. The fourth-order valence-corrected chi connectivity index (χ4v) is 2.35. The molecule has 2 rings (SSSR count). The van der Waals surface area contributed by atoms with Gasteiger partial charge in [-0.1, -0.05) is 13.3 Å². The van der Waals surface area contributed by atoms with Gasteiger partial charge in [0.25, 0.3) is 0 Å². The quantitative estimate of drug-likeness (QED) is 0.806. The molecule has 1 aliphatic heterocycles. The summed E-state index contributed by atoms with van der Waals surface area (Å²) in [7, 11) is 0. The van der Waals surface area contributed by atoms with E-state index in [-0.39, 0.29) is 6.04 Å². The summed E-state index contributed by atoms with van der Waals surface area (Å²) in [5, 5.41) is 6.30. The van der Waals surface area contributed by atoms with Crippen LogP contribution in [0.25, 0.3) is 0 Å². The first-order valence-corrected chi connectivity index (χ1v) is 6.70. The number of urea groups is 1. The first kappa shape index (κ1) is 14.2. The van der Waals surface area contributed by atoms with Crippen LogP contribution in [0.1, 0.15) is 26.7 Å². The van der Waals surface area contributed by atoms with Crippen LogP contribution in [0.15, 0.2) is 18.5 Å². The smallest absolute Gasteiger partial charge is 0.277 e. The second kappa shape index (κ2) is 5.85. The van der Waals surface area contributed by atoms with Gasteiger partial charge in [-0.05, 0) is 19.4 Å².